The minimum absolute atomic E-state index is 0.0278. The number of hydrogen-bond donors (Lipinski definition) is 1. The van der Waals surface area contributed by atoms with E-state index < -0.39 is 17.7 Å². The van der Waals surface area contributed by atoms with Gasteiger partial charge < -0.3 is 14.3 Å². The van der Waals surface area contributed by atoms with Crippen LogP contribution in [-0.2, 0) is 11.3 Å². The van der Waals surface area contributed by atoms with Crippen LogP contribution >= 0.6 is 0 Å². The van der Waals surface area contributed by atoms with Crippen LogP contribution in [0.1, 0.15) is 56.0 Å². The van der Waals surface area contributed by atoms with Crippen LogP contribution in [0.5, 0.6) is 5.75 Å². The first-order valence-electron chi connectivity index (χ1n) is 12.2. The molecule has 1 N–H and O–H groups in total. The molecule has 0 radical (unpaired) electrons. The number of fused-ring (bicyclic) bond motifs is 2. The lowest BCUT2D eigenvalue weighted by Crippen LogP contribution is -2.27. The molecule has 1 atom stereocenters. The van der Waals surface area contributed by atoms with E-state index in [4.69, 9.17) is 9.15 Å². The smallest absolute Gasteiger partial charge is 0.307 e. The maximum absolute atomic E-state index is 12.9. The highest BCUT2D eigenvalue weighted by Crippen LogP contribution is 2.26. The van der Waals surface area contributed by atoms with Gasteiger partial charge >= 0.3 is 5.97 Å². The van der Waals surface area contributed by atoms with E-state index in [2.05, 4.69) is 17.2 Å². The van der Waals surface area contributed by atoms with Crippen molar-refractivity contribution in [1.29, 1.82) is 0 Å². The van der Waals surface area contributed by atoms with Gasteiger partial charge in [-0.1, -0.05) is 43.5 Å². The molecule has 0 fully saturated rings. The number of carbonyl (C=O) groups excluding carboxylic acids is 1. The first-order chi connectivity index (χ1) is 17.5. The Bertz CT molecular complexity index is 1420. The summed E-state index contributed by atoms with van der Waals surface area (Å²) < 4.78 is 12.6. The number of rotatable bonds is 13. The Morgan fingerprint density at radius 1 is 1.11 bits per heavy atom. The number of benzene rings is 2. The summed E-state index contributed by atoms with van der Waals surface area (Å²) in [6.07, 6.45) is 4.21. The summed E-state index contributed by atoms with van der Waals surface area (Å²) in [4.78, 5) is 37.3. The van der Waals surface area contributed by atoms with E-state index in [1.165, 1.54) is 6.42 Å². The number of aryl methyl sites for hydroxylation is 1. The lowest BCUT2D eigenvalue weighted by atomic mass is 9.98. The summed E-state index contributed by atoms with van der Waals surface area (Å²) in [7, 11) is 0. The van der Waals surface area contributed by atoms with Crippen molar-refractivity contribution in [3.8, 4) is 5.75 Å². The van der Waals surface area contributed by atoms with E-state index in [1.54, 1.807) is 36.4 Å². The lowest BCUT2D eigenvalue weighted by molar-refractivity contribution is -0.142. The normalized spacial score (nSPS) is 12.1. The molecular weight excluding hydrogens is 462 g/mol. The van der Waals surface area contributed by atoms with Crippen molar-refractivity contribution in [2.75, 3.05) is 6.61 Å². The van der Waals surface area contributed by atoms with Gasteiger partial charge in [-0.05, 0) is 43.2 Å². The van der Waals surface area contributed by atoms with Crippen molar-refractivity contribution in [3.63, 3.8) is 0 Å². The third kappa shape index (κ3) is 5.97. The molecule has 188 valence electrons. The minimum atomic E-state index is -1.12. The molecule has 1 unspecified atom stereocenters. The first kappa shape index (κ1) is 25.1. The number of nitrogens with zero attached hydrogens (tertiary/aromatic N) is 3. The summed E-state index contributed by atoms with van der Waals surface area (Å²) in [6.45, 7) is 2.80. The second-order valence-electron chi connectivity index (χ2n) is 8.81. The fourth-order valence-corrected chi connectivity index (χ4v) is 4.04. The zero-order valence-electron chi connectivity index (χ0n) is 20.2. The average molecular weight is 492 g/mol. The Labute approximate surface area is 207 Å². The number of aromatic nitrogens is 3. The van der Waals surface area contributed by atoms with E-state index >= 15 is 0 Å². The molecule has 2 aromatic carbocycles. The molecule has 36 heavy (non-hydrogen) atoms. The van der Waals surface area contributed by atoms with Crippen LogP contribution in [0.15, 0.2) is 57.7 Å². The van der Waals surface area contributed by atoms with Crippen LogP contribution in [0, 0.1) is 5.92 Å². The number of hydrogen-bond acceptors (Lipinski definition) is 7. The summed E-state index contributed by atoms with van der Waals surface area (Å²) in [5, 5.41) is 18.7. The van der Waals surface area contributed by atoms with E-state index in [1.807, 2.05) is 12.1 Å². The molecule has 0 bridgehead atoms. The second-order valence-corrected chi connectivity index (χ2v) is 8.81. The van der Waals surface area contributed by atoms with Crippen molar-refractivity contribution < 1.29 is 23.8 Å². The van der Waals surface area contributed by atoms with Crippen LogP contribution < -0.4 is 10.3 Å². The number of Topliss-reactive ketones (excluding diaryl/α,β-unsaturated/α-hetero) is 1. The Morgan fingerprint density at radius 2 is 1.94 bits per heavy atom. The molecule has 2 heterocycles. The fraction of sp³-hybridized carbons (Fsp3) is 0.370. The van der Waals surface area contributed by atoms with E-state index in [-0.39, 0.29) is 30.7 Å². The molecule has 9 nitrogen and oxygen atoms in total. The zero-order valence-corrected chi connectivity index (χ0v) is 20.2. The topological polar surface area (TPSA) is 125 Å². The maximum atomic E-state index is 12.9. The van der Waals surface area contributed by atoms with Gasteiger partial charge in [-0.2, -0.15) is 0 Å². The Balaban J connectivity index is 1.40. The summed E-state index contributed by atoms with van der Waals surface area (Å²) in [5.41, 5.74) is 0.629. The highest BCUT2D eigenvalue weighted by molar-refractivity contribution is 5.99. The van der Waals surface area contributed by atoms with Crippen molar-refractivity contribution >= 4 is 33.6 Å². The Hall–Kier alpha value is -4.01. The summed E-state index contributed by atoms with van der Waals surface area (Å²) in [6, 6.07) is 13.8. The van der Waals surface area contributed by atoms with Crippen LogP contribution in [0.25, 0.3) is 21.9 Å². The Morgan fingerprint density at radius 3 is 2.75 bits per heavy atom. The molecule has 0 aliphatic rings. The predicted octanol–water partition coefficient (Wildman–Crippen LogP) is 4.86. The van der Waals surface area contributed by atoms with Gasteiger partial charge in [0, 0.05) is 24.4 Å². The third-order valence-corrected chi connectivity index (χ3v) is 6.13. The maximum Gasteiger partial charge on any atom is 0.307 e. The van der Waals surface area contributed by atoms with Crippen LogP contribution in [0.3, 0.4) is 0 Å². The highest BCUT2D eigenvalue weighted by atomic mass is 16.5. The molecule has 0 spiro atoms. The average Bonchev–Trinajstić information content (AvgIpc) is 3.31. The van der Waals surface area contributed by atoms with Crippen molar-refractivity contribution in [1.82, 2.24) is 15.0 Å². The number of ketones is 1. The third-order valence-electron chi connectivity index (χ3n) is 6.13. The van der Waals surface area contributed by atoms with Crippen LogP contribution in [0.4, 0.5) is 0 Å². The van der Waals surface area contributed by atoms with Crippen LogP contribution in [0.2, 0.25) is 0 Å². The quantitative estimate of drug-likeness (QED) is 0.208. The number of unbranched alkanes of at least 4 members (excludes halogenated alkanes) is 3. The highest BCUT2D eigenvalue weighted by Gasteiger charge is 2.24. The molecule has 4 rings (SSSR count). The first-order valence-corrected chi connectivity index (χ1v) is 12.2. The number of ether oxygens (including phenoxy) is 1. The summed E-state index contributed by atoms with van der Waals surface area (Å²) in [5.74, 6) is -1.79. The van der Waals surface area contributed by atoms with Crippen molar-refractivity contribution in [2.45, 2.75) is 52.0 Å². The van der Waals surface area contributed by atoms with Gasteiger partial charge in [-0.25, -0.2) is 4.68 Å². The van der Waals surface area contributed by atoms with Gasteiger partial charge in [-0.15, -0.1) is 5.10 Å². The lowest BCUT2D eigenvalue weighted by Gasteiger charge is -2.11. The van der Waals surface area contributed by atoms with E-state index in [0.29, 0.717) is 28.8 Å². The van der Waals surface area contributed by atoms with Gasteiger partial charge in [0.25, 0.3) is 5.56 Å². The van der Waals surface area contributed by atoms with E-state index in [0.717, 1.165) is 29.3 Å². The van der Waals surface area contributed by atoms with Gasteiger partial charge in [-0.3, -0.25) is 14.4 Å². The minimum Gasteiger partial charge on any atom is -0.493 e. The summed E-state index contributed by atoms with van der Waals surface area (Å²) >= 11 is 0. The number of carboxylic acid groups (broad SMARTS) is 1. The zero-order chi connectivity index (χ0) is 25.5. The number of aliphatic carboxylic acids is 1. The number of carbonyl (C=O) groups is 2. The Kier molecular flexibility index (Phi) is 8.10. The van der Waals surface area contributed by atoms with Gasteiger partial charge in [0.15, 0.2) is 11.5 Å². The van der Waals surface area contributed by atoms with Gasteiger partial charge in [0.05, 0.1) is 17.9 Å². The molecule has 4 aromatic rings. The number of carboxylic acids is 1. The largest absolute Gasteiger partial charge is 0.493 e. The van der Waals surface area contributed by atoms with Gasteiger partial charge in [0.2, 0.25) is 0 Å². The molecule has 0 saturated carbocycles. The van der Waals surface area contributed by atoms with E-state index in [9.17, 15) is 19.5 Å². The monoisotopic (exact) mass is 491 g/mol. The molecule has 0 amide bonds. The molecule has 0 aliphatic carbocycles. The predicted molar refractivity (Wildman–Crippen MR) is 134 cm³/mol. The number of furan rings is 1. The molecule has 0 aliphatic heterocycles. The second kappa shape index (κ2) is 11.6. The fourth-order valence-electron chi connectivity index (χ4n) is 4.04. The van der Waals surface area contributed by atoms with Gasteiger partial charge in [0.1, 0.15) is 16.8 Å². The molecule has 9 heteroatoms. The van der Waals surface area contributed by atoms with Crippen LogP contribution in [-0.4, -0.2) is 38.5 Å². The molecular formula is C27H29N3O6. The van der Waals surface area contributed by atoms with Crippen molar-refractivity contribution in [2.24, 2.45) is 5.92 Å². The van der Waals surface area contributed by atoms with Crippen molar-refractivity contribution in [3.05, 3.63) is 64.6 Å². The SMILES string of the molecule is CCCCCCOc1ccc2cc(C(=O)CC(CCn3nnc4ccccc4c3=O)C(=O)O)oc2c1. The molecule has 0 saturated heterocycles. The standard InChI is InChI=1S/C27H29N3O6/c1-2-3-4-7-14-35-20-11-10-18-16-25(36-24(18)17-20)23(31)15-19(27(33)34)12-13-30-26(32)21-8-5-6-9-22(21)28-29-30/h5-6,8-11,16-17,19H,2-4,7,12-15H2,1H3,(H,33,34). The molecule has 2 aromatic heterocycles.